The lowest BCUT2D eigenvalue weighted by atomic mass is 10.0. The molecule has 0 radical (unpaired) electrons. The Kier molecular flexibility index (Phi) is 7.91. The van der Waals surface area contributed by atoms with E-state index in [1.807, 2.05) is 44.4 Å². The number of carbonyl (C=O) groups is 1. The van der Waals surface area contributed by atoms with Crippen LogP contribution in [0.4, 0.5) is 5.69 Å². The molecule has 0 saturated carbocycles. The van der Waals surface area contributed by atoms with Crippen LogP contribution >= 0.6 is 15.9 Å². The van der Waals surface area contributed by atoms with Crippen molar-refractivity contribution in [3.8, 4) is 11.1 Å². The highest BCUT2D eigenvalue weighted by molar-refractivity contribution is 9.10. The predicted molar refractivity (Wildman–Crippen MR) is 138 cm³/mol. The average Bonchev–Trinajstić information content (AvgIpc) is 3.02. The molecule has 0 aliphatic carbocycles. The average molecular weight is 507 g/mol. The molecule has 6 heteroatoms. The standard InChI is InChI=1S/C27H31BrN4O/c1-20-5-3-6-21(2)27(20)30-26(33)19-32-14-4-13-31(15-16-32)18-23-17-29-12-11-25(23)22-7-9-24(28)10-8-22/h3,5-12,17H,4,13-16,18-19H2,1-2H3,(H,30,33). The SMILES string of the molecule is Cc1cccc(C)c1NC(=O)CN1CCCN(Cc2cnccc2-c2ccc(Br)cc2)CC1. The molecule has 1 amide bonds. The van der Waals surface area contributed by atoms with Gasteiger partial charge in [0.2, 0.25) is 5.91 Å². The van der Waals surface area contributed by atoms with Crippen LogP contribution in [0.2, 0.25) is 0 Å². The number of benzene rings is 2. The first-order valence-corrected chi connectivity index (χ1v) is 12.3. The van der Waals surface area contributed by atoms with Gasteiger partial charge in [-0.25, -0.2) is 0 Å². The molecule has 172 valence electrons. The lowest BCUT2D eigenvalue weighted by Gasteiger charge is -2.23. The molecule has 0 unspecified atom stereocenters. The Morgan fingerprint density at radius 1 is 0.970 bits per heavy atom. The molecule has 1 saturated heterocycles. The number of hydrogen-bond donors (Lipinski definition) is 1. The minimum absolute atomic E-state index is 0.0608. The maximum Gasteiger partial charge on any atom is 0.238 e. The quantitative estimate of drug-likeness (QED) is 0.494. The minimum Gasteiger partial charge on any atom is -0.324 e. The molecule has 5 nitrogen and oxygen atoms in total. The van der Waals surface area contributed by atoms with Crippen LogP contribution in [0.5, 0.6) is 0 Å². The Morgan fingerprint density at radius 3 is 2.42 bits per heavy atom. The number of aryl methyl sites for hydroxylation is 2. The van der Waals surface area contributed by atoms with Crippen LogP contribution in [-0.4, -0.2) is 53.4 Å². The zero-order valence-corrected chi connectivity index (χ0v) is 20.9. The van der Waals surface area contributed by atoms with Crippen molar-refractivity contribution in [3.63, 3.8) is 0 Å². The van der Waals surface area contributed by atoms with Crippen LogP contribution in [0.1, 0.15) is 23.1 Å². The van der Waals surface area contributed by atoms with Gasteiger partial charge in [-0.05, 0) is 79.4 Å². The molecule has 0 spiro atoms. The van der Waals surface area contributed by atoms with Gasteiger partial charge in [0.1, 0.15) is 0 Å². The number of amides is 1. The molecule has 1 aromatic heterocycles. The summed E-state index contributed by atoms with van der Waals surface area (Å²) in [5.41, 5.74) is 6.81. The number of aromatic nitrogens is 1. The van der Waals surface area contributed by atoms with E-state index in [0.717, 1.165) is 60.4 Å². The molecule has 1 aliphatic rings. The van der Waals surface area contributed by atoms with E-state index in [1.165, 1.54) is 16.7 Å². The fourth-order valence-corrected chi connectivity index (χ4v) is 4.70. The van der Waals surface area contributed by atoms with Crippen molar-refractivity contribution in [2.45, 2.75) is 26.8 Å². The van der Waals surface area contributed by atoms with E-state index in [4.69, 9.17) is 0 Å². The first-order chi connectivity index (χ1) is 16.0. The van der Waals surface area contributed by atoms with Gasteiger partial charge < -0.3 is 5.32 Å². The topological polar surface area (TPSA) is 48.5 Å². The van der Waals surface area contributed by atoms with Crippen LogP contribution in [0.15, 0.2) is 65.4 Å². The number of nitrogens with zero attached hydrogens (tertiary/aromatic N) is 3. The van der Waals surface area contributed by atoms with Gasteiger partial charge in [-0.1, -0.05) is 46.3 Å². The maximum absolute atomic E-state index is 12.7. The lowest BCUT2D eigenvalue weighted by Crippen LogP contribution is -2.36. The first-order valence-electron chi connectivity index (χ1n) is 11.5. The van der Waals surface area contributed by atoms with E-state index < -0.39 is 0 Å². The molecule has 0 bridgehead atoms. The number of carbonyl (C=O) groups excluding carboxylic acids is 1. The highest BCUT2D eigenvalue weighted by Gasteiger charge is 2.19. The smallest absolute Gasteiger partial charge is 0.238 e. The van der Waals surface area contributed by atoms with Crippen LogP contribution < -0.4 is 5.32 Å². The summed E-state index contributed by atoms with van der Waals surface area (Å²) in [4.78, 5) is 21.8. The molecule has 3 aromatic rings. The second-order valence-corrected chi connectivity index (χ2v) is 9.68. The molecule has 2 heterocycles. The van der Waals surface area contributed by atoms with Crippen molar-refractivity contribution in [1.82, 2.24) is 14.8 Å². The van der Waals surface area contributed by atoms with Gasteiger partial charge in [-0.2, -0.15) is 0 Å². The third-order valence-corrected chi connectivity index (χ3v) is 6.78. The molecule has 33 heavy (non-hydrogen) atoms. The Hall–Kier alpha value is -2.54. The van der Waals surface area contributed by atoms with Gasteiger partial charge in [0.15, 0.2) is 0 Å². The van der Waals surface area contributed by atoms with Crippen LogP contribution in [-0.2, 0) is 11.3 Å². The first kappa shape index (κ1) is 23.6. The number of nitrogens with one attached hydrogen (secondary N) is 1. The van der Waals surface area contributed by atoms with Crippen LogP contribution in [0.25, 0.3) is 11.1 Å². The summed E-state index contributed by atoms with van der Waals surface area (Å²) in [6.45, 7) is 9.13. The molecular weight excluding hydrogens is 476 g/mol. The monoisotopic (exact) mass is 506 g/mol. The fraction of sp³-hybridized carbons (Fsp3) is 0.333. The molecule has 1 fully saturated rings. The van der Waals surface area contributed by atoms with E-state index in [1.54, 1.807) is 0 Å². The Balaban J connectivity index is 1.35. The number of halogens is 1. The van der Waals surface area contributed by atoms with Gasteiger partial charge in [0.25, 0.3) is 0 Å². The highest BCUT2D eigenvalue weighted by Crippen LogP contribution is 2.26. The van der Waals surface area contributed by atoms with Crippen molar-refractivity contribution in [1.29, 1.82) is 0 Å². The third kappa shape index (κ3) is 6.28. The summed E-state index contributed by atoms with van der Waals surface area (Å²) in [6, 6.07) is 16.6. The fourth-order valence-electron chi connectivity index (χ4n) is 4.44. The van der Waals surface area contributed by atoms with Crippen molar-refractivity contribution < 1.29 is 4.79 Å². The summed E-state index contributed by atoms with van der Waals surface area (Å²) in [5.74, 6) is 0.0608. The summed E-state index contributed by atoms with van der Waals surface area (Å²) < 4.78 is 1.08. The van der Waals surface area contributed by atoms with Gasteiger partial charge >= 0.3 is 0 Å². The van der Waals surface area contributed by atoms with Crippen molar-refractivity contribution in [3.05, 3.63) is 82.1 Å². The maximum atomic E-state index is 12.7. The zero-order chi connectivity index (χ0) is 23.2. The molecular formula is C27H31BrN4O. The number of para-hydroxylation sites is 1. The van der Waals surface area contributed by atoms with Gasteiger partial charge in [-0.3, -0.25) is 19.6 Å². The minimum atomic E-state index is 0.0608. The number of rotatable bonds is 6. The molecule has 4 rings (SSSR count). The van der Waals surface area contributed by atoms with Crippen LogP contribution in [0.3, 0.4) is 0 Å². The Morgan fingerprint density at radius 2 is 1.67 bits per heavy atom. The van der Waals surface area contributed by atoms with Crippen molar-refractivity contribution in [2.24, 2.45) is 0 Å². The van der Waals surface area contributed by atoms with E-state index in [-0.39, 0.29) is 5.91 Å². The normalized spacial score (nSPS) is 15.2. The second kappa shape index (κ2) is 11.1. The van der Waals surface area contributed by atoms with Crippen LogP contribution in [0, 0.1) is 13.8 Å². The zero-order valence-electron chi connectivity index (χ0n) is 19.4. The third-order valence-electron chi connectivity index (χ3n) is 6.25. The lowest BCUT2D eigenvalue weighted by molar-refractivity contribution is -0.117. The summed E-state index contributed by atoms with van der Waals surface area (Å²) in [5, 5.41) is 3.12. The highest BCUT2D eigenvalue weighted by atomic mass is 79.9. The largest absolute Gasteiger partial charge is 0.324 e. The van der Waals surface area contributed by atoms with Crippen molar-refractivity contribution in [2.75, 3.05) is 38.0 Å². The number of hydrogen-bond acceptors (Lipinski definition) is 4. The second-order valence-electron chi connectivity index (χ2n) is 8.76. The van der Waals surface area contributed by atoms with E-state index in [2.05, 4.69) is 66.4 Å². The van der Waals surface area contributed by atoms with Gasteiger partial charge in [0, 0.05) is 42.2 Å². The molecule has 1 N–H and O–H groups in total. The van der Waals surface area contributed by atoms with E-state index >= 15 is 0 Å². The predicted octanol–water partition coefficient (Wildman–Crippen LogP) is 5.27. The number of pyridine rings is 1. The van der Waals surface area contributed by atoms with E-state index in [0.29, 0.717) is 6.54 Å². The summed E-state index contributed by atoms with van der Waals surface area (Å²) in [7, 11) is 0. The summed E-state index contributed by atoms with van der Waals surface area (Å²) in [6.07, 6.45) is 4.89. The Bertz CT molecular complexity index is 1080. The van der Waals surface area contributed by atoms with E-state index in [9.17, 15) is 4.79 Å². The summed E-state index contributed by atoms with van der Waals surface area (Å²) >= 11 is 3.52. The molecule has 2 aromatic carbocycles. The number of anilines is 1. The van der Waals surface area contributed by atoms with Crippen molar-refractivity contribution >= 4 is 27.5 Å². The molecule has 0 atom stereocenters. The molecule has 1 aliphatic heterocycles. The van der Waals surface area contributed by atoms with Gasteiger partial charge in [-0.15, -0.1) is 0 Å². The Labute approximate surface area is 205 Å². The van der Waals surface area contributed by atoms with Gasteiger partial charge in [0.05, 0.1) is 6.54 Å².